The quantitative estimate of drug-likeness (QED) is 0.734. The van der Waals surface area contributed by atoms with E-state index in [9.17, 15) is 0 Å². The van der Waals surface area contributed by atoms with Crippen molar-refractivity contribution < 1.29 is 9.52 Å². The van der Waals surface area contributed by atoms with E-state index < -0.39 is 0 Å². The molecule has 0 bridgehead atoms. The molecule has 0 aliphatic heterocycles. The van der Waals surface area contributed by atoms with E-state index in [-0.39, 0.29) is 12.6 Å². The third-order valence-electron chi connectivity index (χ3n) is 2.34. The Kier molecular flexibility index (Phi) is 4.70. The van der Waals surface area contributed by atoms with Gasteiger partial charge in [-0.3, -0.25) is 0 Å². The van der Waals surface area contributed by atoms with Gasteiger partial charge in [0, 0.05) is 12.6 Å². The minimum Gasteiger partial charge on any atom is -0.468 e. The summed E-state index contributed by atoms with van der Waals surface area (Å²) in [7, 11) is 0. The zero-order valence-corrected chi connectivity index (χ0v) is 8.86. The Bertz CT molecular complexity index is 233. The van der Waals surface area contributed by atoms with Crippen LogP contribution in [0, 0.1) is 0 Å². The summed E-state index contributed by atoms with van der Waals surface area (Å²) in [5, 5.41) is 12.2. The van der Waals surface area contributed by atoms with Crippen LogP contribution < -0.4 is 5.32 Å². The molecule has 0 aliphatic rings. The van der Waals surface area contributed by atoms with Gasteiger partial charge in [0.05, 0.1) is 12.3 Å². The first-order valence-electron chi connectivity index (χ1n) is 5.18. The predicted octanol–water partition coefficient (Wildman–Crippen LogP) is 2.09. The highest BCUT2D eigenvalue weighted by molar-refractivity contribution is 5.04. The second kappa shape index (κ2) is 5.83. The Balaban J connectivity index is 2.47. The van der Waals surface area contributed by atoms with Gasteiger partial charge in [-0.25, -0.2) is 0 Å². The van der Waals surface area contributed by atoms with Gasteiger partial charge in [-0.1, -0.05) is 6.92 Å². The van der Waals surface area contributed by atoms with Crippen molar-refractivity contribution in [3.05, 3.63) is 24.2 Å². The molecule has 1 heterocycles. The highest BCUT2D eigenvalue weighted by Gasteiger charge is 2.13. The zero-order valence-electron chi connectivity index (χ0n) is 8.86. The van der Waals surface area contributed by atoms with Crippen LogP contribution in [0.5, 0.6) is 0 Å². The highest BCUT2D eigenvalue weighted by Crippen LogP contribution is 2.17. The summed E-state index contributed by atoms with van der Waals surface area (Å²) in [5.74, 6) is 0.970. The van der Waals surface area contributed by atoms with Crippen LogP contribution in [0.4, 0.5) is 0 Å². The molecule has 0 amide bonds. The molecule has 0 radical (unpaired) electrons. The van der Waals surface area contributed by atoms with Crippen molar-refractivity contribution in [2.24, 2.45) is 0 Å². The Morgan fingerprint density at radius 1 is 1.57 bits per heavy atom. The number of hydrogen-bond acceptors (Lipinski definition) is 3. The second-order valence-electron chi connectivity index (χ2n) is 3.56. The topological polar surface area (TPSA) is 45.4 Å². The van der Waals surface area contributed by atoms with E-state index in [1.165, 1.54) is 0 Å². The summed E-state index contributed by atoms with van der Waals surface area (Å²) in [6.45, 7) is 4.41. The molecule has 80 valence electrons. The average Bonchev–Trinajstić information content (AvgIpc) is 2.67. The van der Waals surface area contributed by atoms with Gasteiger partial charge in [0.1, 0.15) is 5.76 Å². The van der Waals surface area contributed by atoms with E-state index in [1.807, 2.05) is 12.1 Å². The molecule has 0 fully saturated rings. The van der Waals surface area contributed by atoms with Gasteiger partial charge < -0.3 is 14.8 Å². The molecule has 3 nitrogen and oxygen atoms in total. The fourth-order valence-corrected chi connectivity index (χ4v) is 1.51. The third kappa shape index (κ3) is 3.16. The lowest BCUT2D eigenvalue weighted by Gasteiger charge is -2.19. The number of nitrogens with one attached hydrogen (secondary N) is 1. The fraction of sp³-hybridized carbons (Fsp3) is 0.636. The molecule has 0 aromatic carbocycles. The largest absolute Gasteiger partial charge is 0.468 e. The molecular formula is C11H19NO2. The number of aliphatic hydroxyl groups excluding tert-OH is 1. The molecule has 0 saturated heterocycles. The van der Waals surface area contributed by atoms with Crippen LogP contribution in [0.15, 0.2) is 22.8 Å². The minimum absolute atomic E-state index is 0.225. The van der Waals surface area contributed by atoms with Crippen molar-refractivity contribution in [1.82, 2.24) is 5.32 Å². The first-order valence-corrected chi connectivity index (χ1v) is 5.18. The van der Waals surface area contributed by atoms with Crippen molar-refractivity contribution in [3.8, 4) is 0 Å². The van der Waals surface area contributed by atoms with Crippen molar-refractivity contribution in [2.75, 3.05) is 6.61 Å². The summed E-state index contributed by atoms with van der Waals surface area (Å²) in [4.78, 5) is 0. The van der Waals surface area contributed by atoms with Gasteiger partial charge in [0.25, 0.3) is 0 Å². The minimum atomic E-state index is 0.225. The average molecular weight is 197 g/mol. The van der Waals surface area contributed by atoms with E-state index in [0.717, 1.165) is 18.6 Å². The summed E-state index contributed by atoms with van der Waals surface area (Å²) in [6.07, 6.45) is 3.46. The van der Waals surface area contributed by atoms with Crippen LogP contribution >= 0.6 is 0 Å². The van der Waals surface area contributed by atoms with Gasteiger partial charge in [-0.15, -0.1) is 0 Å². The number of furan rings is 1. The Morgan fingerprint density at radius 3 is 2.86 bits per heavy atom. The van der Waals surface area contributed by atoms with E-state index in [0.29, 0.717) is 6.04 Å². The molecular weight excluding hydrogens is 178 g/mol. The summed E-state index contributed by atoms with van der Waals surface area (Å²) in [5.41, 5.74) is 0. The smallest absolute Gasteiger partial charge is 0.120 e. The molecule has 0 saturated carbocycles. The van der Waals surface area contributed by atoms with Crippen LogP contribution in [0.3, 0.4) is 0 Å². The van der Waals surface area contributed by atoms with E-state index in [2.05, 4.69) is 19.2 Å². The number of rotatable bonds is 6. The lowest BCUT2D eigenvalue weighted by Crippen LogP contribution is -2.30. The zero-order chi connectivity index (χ0) is 10.4. The monoisotopic (exact) mass is 197 g/mol. The lowest BCUT2D eigenvalue weighted by atomic mass is 10.1. The molecule has 1 rings (SSSR count). The van der Waals surface area contributed by atoms with Gasteiger partial charge in [-0.2, -0.15) is 0 Å². The fourth-order valence-electron chi connectivity index (χ4n) is 1.51. The molecule has 2 atom stereocenters. The van der Waals surface area contributed by atoms with Gasteiger partial charge in [0.2, 0.25) is 0 Å². The molecule has 3 heteroatoms. The normalized spacial score (nSPS) is 15.4. The van der Waals surface area contributed by atoms with Gasteiger partial charge >= 0.3 is 0 Å². The lowest BCUT2D eigenvalue weighted by molar-refractivity contribution is 0.258. The van der Waals surface area contributed by atoms with Crippen LogP contribution in [-0.4, -0.2) is 17.8 Å². The van der Waals surface area contributed by atoms with Crippen LogP contribution in [0.25, 0.3) is 0 Å². The van der Waals surface area contributed by atoms with Crippen molar-refractivity contribution >= 4 is 0 Å². The maximum absolute atomic E-state index is 8.79. The third-order valence-corrected chi connectivity index (χ3v) is 2.34. The van der Waals surface area contributed by atoms with Gasteiger partial charge in [0.15, 0.2) is 0 Å². The first kappa shape index (κ1) is 11.3. The van der Waals surface area contributed by atoms with E-state index in [1.54, 1.807) is 6.26 Å². The maximum atomic E-state index is 8.79. The summed E-state index contributed by atoms with van der Waals surface area (Å²) in [6, 6.07) is 4.45. The first-order chi connectivity index (χ1) is 6.77. The van der Waals surface area contributed by atoms with Gasteiger partial charge in [-0.05, 0) is 31.9 Å². The van der Waals surface area contributed by atoms with E-state index in [4.69, 9.17) is 9.52 Å². The molecule has 2 N–H and O–H groups in total. The van der Waals surface area contributed by atoms with Crippen LogP contribution in [0.2, 0.25) is 0 Å². The van der Waals surface area contributed by atoms with Crippen LogP contribution in [0.1, 0.15) is 38.5 Å². The number of hydrogen-bond donors (Lipinski definition) is 2. The second-order valence-corrected chi connectivity index (χ2v) is 3.56. The Labute approximate surface area is 85.1 Å². The highest BCUT2D eigenvalue weighted by atomic mass is 16.3. The van der Waals surface area contributed by atoms with E-state index >= 15 is 0 Å². The Morgan fingerprint density at radius 2 is 2.36 bits per heavy atom. The molecule has 1 aromatic rings. The van der Waals surface area contributed by atoms with Crippen LogP contribution in [-0.2, 0) is 0 Å². The molecule has 14 heavy (non-hydrogen) atoms. The molecule has 0 spiro atoms. The Hall–Kier alpha value is -0.800. The molecule has 1 aromatic heterocycles. The standard InChI is InChI=1S/C11H19NO2/c1-3-10(11-5-4-8-14-11)12-9(2)6-7-13/h4-5,8-10,12-13H,3,6-7H2,1-2H3. The summed E-state index contributed by atoms with van der Waals surface area (Å²) < 4.78 is 5.34. The molecule has 2 unspecified atom stereocenters. The van der Waals surface area contributed by atoms with Crippen molar-refractivity contribution in [3.63, 3.8) is 0 Å². The number of aliphatic hydroxyl groups is 1. The maximum Gasteiger partial charge on any atom is 0.120 e. The van der Waals surface area contributed by atoms with Crippen molar-refractivity contribution in [1.29, 1.82) is 0 Å². The summed E-state index contributed by atoms with van der Waals surface area (Å²) >= 11 is 0. The molecule has 0 aliphatic carbocycles. The van der Waals surface area contributed by atoms with Crippen molar-refractivity contribution in [2.45, 2.75) is 38.8 Å². The SMILES string of the molecule is CCC(NC(C)CCO)c1ccco1. The predicted molar refractivity (Wildman–Crippen MR) is 56.0 cm³/mol.